The smallest absolute Gasteiger partial charge is 0.321 e. The van der Waals surface area contributed by atoms with E-state index >= 15 is 0 Å². The molecule has 0 saturated carbocycles. The Morgan fingerprint density at radius 3 is 2.71 bits per heavy atom. The molecule has 152 valence electrons. The number of nitrogens with zero attached hydrogens (tertiary/aromatic N) is 3. The third-order valence-electron chi connectivity index (χ3n) is 4.63. The maximum Gasteiger partial charge on any atom is 0.321 e. The molecule has 0 bridgehead atoms. The lowest BCUT2D eigenvalue weighted by atomic mass is 10.1. The third kappa shape index (κ3) is 5.13. The monoisotopic (exact) mass is 390 g/mol. The van der Waals surface area contributed by atoms with Gasteiger partial charge in [0.25, 0.3) is 0 Å². The average molecular weight is 390 g/mol. The van der Waals surface area contributed by atoms with Gasteiger partial charge in [0, 0.05) is 32.5 Å². The molecule has 9 nitrogen and oxygen atoms in total. The van der Waals surface area contributed by atoms with Gasteiger partial charge in [-0.05, 0) is 25.0 Å². The molecule has 2 amide bonds. The summed E-state index contributed by atoms with van der Waals surface area (Å²) in [5.74, 6) is 2.45. The molecule has 0 unspecified atom stereocenters. The quantitative estimate of drug-likeness (QED) is 0.776. The first-order chi connectivity index (χ1) is 13.6. The number of hydrogen-bond acceptors (Lipinski definition) is 7. The van der Waals surface area contributed by atoms with Crippen LogP contribution in [0.3, 0.4) is 0 Å². The molecule has 3 rings (SSSR count). The van der Waals surface area contributed by atoms with Crippen molar-refractivity contribution in [3.8, 4) is 11.5 Å². The largest absolute Gasteiger partial charge is 0.497 e. The molecule has 2 aromatic rings. The highest BCUT2D eigenvalue weighted by Gasteiger charge is 2.24. The number of carbonyl (C=O) groups is 1. The van der Waals surface area contributed by atoms with Gasteiger partial charge in [0.05, 0.1) is 32.6 Å². The molecule has 1 saturated heterocycles. The van der Waals surface area contributed by atoms with Gasteiger partial charge in [-0.2, -0.15) is 4.98 Å². The molecule has 0 atom stereocenters. The van der Waals surface area contributed by atoms with Crippen molar-refractivity contribution in [2.45, 2.75) is 32.3 Å². The molecule has 1 fully saturated rings. The minimum atomic E-state index is -0.160. The van der Waals surface area contributed by atoms with Gasteiger partial charge in [-0.1, -0.05) is 5.16 Å². The van der Waals surface area contributed by atoms with Crippen LogP contribution in [-0.2, 0) is 11.2 Å². The topological polar surface area (TPSA) is 99.0 Å². The number of amides is 2. The van der Waals surface area contributed by atoms with Crippen molar-refractivity contribution in [3.05, 3.63) is 29.9 Å². The van der Waals surface area contributed by atoms with Crippen molar-refractivity contribution in [3.63, 3.8) is 0 Å². The van der Waals surface area contributed by atoms with Gasteiger partial charge >= 0.3 is 6.03 Å². The van der Waals surface area contributed by atoms with Crippen LogP contribution in [0.25, 0.3) is 0 Å². The molecule has 0 radical (unpaired) electrons. The molecule has 28 heavy (non-hydrogen) atoms. The Labute approximate surface area is 163 Å². The summed E-state index contributed by atoms with van der Waals surface area (Å²) in [4.78, 5) is 18.5. The number of ether oxygens (including phenoxy) is 3. The van der Waals surface area contributed by atoms with Gasteiger partial charge in [-0.3, -0.25) is 0 Å². The lowest BCUT2D eigenvalue weighted by molar-refractivity contribution is 0.0168. The molecule has 1 aliphatic heterocycles. The number of piperidine rings is 1. The fourth-order valence-electron chi connectivity index (χ4n) is 3.09. The minimum Gasteiger partial charge on any atom is -0.497 e. The van der Waals surface area contributed by atoms with Crippen LogP contribution in [-0.4, -0.2) is 61.1 Å². The van der Waals surface area contributed by atoms with Crippen LogP contribution in [0.1, 0.15) is 24.6 Å². The summed E-state index contributed by atoms with van der Waals surface area (Å²) in [5.41, 5.74) is 0.584. The van der Waals surface area contributed by atoms with Crippen LogP contribution < -0.4 is 14.8 Å². The molecule has 1 N–H and O–H groups in total. The molecule has 2 heterocycles. The van der Waals surface area contributed by atoms with Crippen molar-refractivity contribution in [2.24, 2.45) is 0 Å². The van der Waals surface area contributed by atoms with Crippen molar-refractivity contribution >= 4 is 11.7 Å². The number of aryl methyl sites for hydroxylation is 1. The van der Waals surface area contributed by atoms with Gasteiger partial charge in [-0.25, -0.2) is 4.79 Å². The molecule has 1 aromatic heterocycles. The Kier molecular flexibility index (Phi) is 6.70. The normalized spacial score (nSPS) is 14.8. The van der Waals surface area contributed by atoms with E-state index in [1.165, 1.54) is 0 Å². The van der Waals surface area contributed by atoms with Crippen LogP contribution in [0, 0.1) is 6.92 Å². The maximum absolute atomic E-state index is 12.6. The second-order valence-electron chi connectivity index (χ2n) is 6.53. The van der Waals surface area contributed by atoms with Crippen molar-refractivity contribution in [1.29, 1.82) is 0 Å². The van der Waals surface area contributed by atoms with E-state index in [1.807, 2.05) is 0 Å². The highest BCUT2D eigenvalue weighted by atomic mass is 16.5. The third-order valence-corrected chi connectivity index (χ3v) is 4.63. The summed E-state index contributed by atoms with van der Waals surface area (Å²) < 4.78 is 21.4. The molecule has 0 aliphatic carbocycles. The number of urea groups is 1. The summed E-state index contributed by atoms with van der Waals surface area (Å²) in [7, 11) is 3.15. The first-order valence-electron chi connectivity index (χ1n) is 9.27. The SMILES string of the molecule is COc1ccc(OC)c(NC(=O)N2CCC(OCCc3noc(C)n3)CC2)c1. The second-order valence-corrected chi connectivity index (χ2v) is 6.53. The Morgan fingerprint density at radius 2 is 2.07 bits per heavy atom. The van der Waals surface area contributed by atoms with Crippen LogP contribution in [0.5, 0.6) is 11.5 Å². The Hall–Kier alpha value is -2.81. The molecule has 1 aliphatic rings. The summed E-state index contributed by atoms with van der Waals surface area (Å²) in [6.45, 7) is 3.56. The Balaban J connectivity index is 1.45. The number of benzene rings is 1. The highest BCUT2D eigenvalue weighted by Crippen LogP contribution is 2.29. The number of anilines is 1. The van der Waals surface area contributed by atoms with E-state index in [-0.39, 0.29) is 12.1 Å². The van der Waals surface area contributed by atoms with Gasteiger partial charge in [0.15, 0.2) is 5.82 Å². The fraction of sp³-hybridized carbons (Fsp3) is 0.526. The number of likely N-dealkylation sites (tertiary alicyclic amines) is 1. The van der Waals surface area contributed by atoms with Crippen LogP contribution in [0.4, 0.5) is 10.5 Å². The van der Waals surface area contributed by atoms with E-state index in [1.54, 1.807) is 44.2 Å². The first kappa shape index (κ1) is 19.9. The lowest BCUT2D eigenvalue weighted by Crippen LogP contribution is -2.43. The zero-order valence-corrected chi connectivity index (χ0v) is 16.4. The van der Waals surface area contributed by atoms with Gasteiger partial charge in [0.1, 0.15) is 11.5 Å². The number of aromatic nitrogens is 2. The van der Waals surface area contributed by atoms with E-state index in [0.717, 1.165) is 12.8 Å². The molecular formula is C19H26N4O5. The lowest BCUT2D eigenvalue weighted by Gasteiger charge is -2.32. The first-order valence-corrected chi connectivity index (χ1v) is 9.27. The summed E-state index contributed by atoms with van der Waals surface area (Å²) in [6.07, 6.45) is 2.32. The van der Waals surface area contributed by atoms with Crippen molar-refractivity contribution in [2.75, 3.05) is 39.2 Å². The van der Waals surface area contributed by atoms with E-state index in [0.29, 0.717) is 55.0 Å². The molecular weight excluding hydrogens is 364 g/mol. The predicted octanol–water partition coefficient (Wildman–Crippen LogP) is 2.65. The van der Waals surface area contributed by atoms with Crippen molar-refractivity contribution < 1.29 is 23.5 Å². The number of rotatable bonds is 7. The molecule has 9 heteroatoms. The van der Waals surface area contributed by atoms with Gasteiger partial charge in [-0.15, -0.1) is 0 Å². The van der Waals surface area contributed by atoms with E-state index in [2.05, 4.69) is 15.5 Å². The summed E-state index contributed by atoms with van der Waals surface area (Å²) >= 11 is 0. The van der Waals surface area contributed by atoms with E-state index in [9.17, 15) is 4.79 Å². The second kappa shape index (κ2) is 9.41. The van der Waals surface area contributed by atoms with E-state index in [4.69, 9.17) is 18.7 Å². The maximum atomic E-state index is 12.6. The number of hydrogen-bond donors (Lipinski definition) is 1. The predicted molar refractivity (Wildman–Crippen MR) is 102 cm³/mol. The standard InChI is InChI=1S/C19H26N4O5/c1-13-20-18(22-28-13)8-11-27-14-6-9-23(10-7-14)19(24)21-16-12-15(25-2)4-5-17(16)26-3/h4-5,12,14H,6-11H2,1-3H3,(H,21,24). The van der Waals surface area contributed by atoms with Crippen LogP contribution in [0.2, 0.25) is 0 Å². The van der Waals surface area contributed by atoms with Gasteiger partial charge < -0.3 is 29.0 Å². The van der Waals surface area contributed by atoms with Crippen molar-refractivity contribution in [1.82, 2.24) is 15.0 Å². The molecule has 1 aromatic carbocycles. The fourth-order valence-corrected chi connectivity index (χ4v) is 3.09. The van der Waals surface area contributed by atoms with E-state index < -0.39 is 0 Å². The average Bonchev–Trinajstić information content (AvgIpc) is 3.13. The van der Waals surface area contributed by atoms with Crippen LogP contribution in [0.15, 0.2) is 22.7 Å². The summed E-state index contributed by atoms with van der Waals surface area (Å²) in [6, 6.07) is 5.13. The zero-order valence-electron chi connectivity index (χ0n) is 16.4. The summed E-state index contributed by atoms with van der Waals surface area (Å²) in [5, 5.41) is 6.76. The Morgan fingerprint density at radius 1 is 1.29 bits per heavy atom. The number of nitrogens with one attached hydrogen (secondary N) is 1. The Bertz CT molecular complexity index is 786. The minimum absolute atomic E-state index is 0.128. The van der Waals surface area contributed by atoms with Gasteiger partial charge in [0.2, 0.25) is 5.89 Å². The highest BCUT2D eigenvalue weighted by molar-refractivity contribution is 5.91. The molecule has 0 spiro atoms. The number of carbonyl (C=O) groups excluding carboxylic acids is 1. The number of methoxy groups -OCH3 is 2. The van der Waals surface area contributed by atoms with Crippen LogP contribution >= 0.6 is 0 Å². The zero-order chi connectivity index (χ0) is 19.9.